The number of aliphatic carboxylic acids is 1. The van der Waals surface area contributed by atoms with E-state index in [1.54, 1.807) is 13.0 Å². The molecule has 14 heavy (non-hydrogen) atoms. The first-order valence-corrected chi connectivity index (χ1v) is 4.16. The molecule has 76 valence electrons. The summed E-state index contributed by atoms with van der Waals surface area (Å²) in [7, 11) is 0. The zero-order chi connectivity index (χ0) is 10.7. The molecule has 1 unspecified atom stereocenters. The Morgan fingerprint density at radius 2 is 2.21 bits per heavy atom. The highest BCUT2D eigenvalue weighted by Gasteiger charge is 2.15. The van der Waals surface area contributed by atoms with Gasteiger partial charge in [-0.1, -0.05) is 6.07 Å². The Balaban J connectivity index is 2.85. The molecule has 0 heterocycles. The smallest absolute Gasteiger partial charge is 0.332 e. The molecule has 0 radical (unpaired) electrons. The fourth-order valence-electron chi connectivity index (χ4n) is 1.16. The minimum absolute atomic E-state index is 0.0705. The van der Waals surface area contributed by atoms with Gasteiger partial charge in [0.05, 0.1) is 0 Å². The van der Waals surface area contributed by atoms with E-state index in [1.807, 2.05) is 0 Å². The van der Waals surface area contributed by atoms with Gasteiger partial charge in [0.15, 0.2) is 6.10 Å². The summed E-state index contributed by atoms with van der Waals surface area (Å²) in [4.78, 5) is 10.4. The van der Waals surface area contributed by atoms with Crippen LogP contribution in [0.3, 0.4) is 0 Å². The molecule has 0 aliphatic rings. The normalized spacial score (nSPS) is 12.5. The zero-order valence-electron chi connectivity index (χ0n) is 7.70. The van der Waals surface area contributed by atoms with Gasteiger partial charge in [-0.2, -0.15) is 0 Å². The van der Waals surface area contributed by atoms with Gasteiger partial charge in [-0.05, 0) is 30.2 Å². The summed E-state index contributed by atoms with van der Waals surface area (Å²) >= 11 is 0. The van der Waals surface area contributed by atoms with Crippen LogP contribution in [-0.4, -0.2) is 22.3 Å². The van der Waals surface area contributed by atoms with Crippen molar-refractivity contribution in [1.29, 1.82) is 0 Å². The second-order valence-corrected chi connectivity index (χ2v) is 3.13. The van der Waals surface area contributed by atoms with Gasteiger partial charge in [0.1, 0.15) is 5.82 Å². The topological polar surface area (TPSA) is 57.5 Å². The molecule has 0 amide bonds. The standard InChI is InChI=1S/C10H11FO3/c1-6-2-3-8(11)4-7(6)5-9(12)10(13)14/h2-4,9,12H,5H2,1H3,(H,13,14). The van der Waals surface area contributed by atoms with E-state index in [4.69, 9.17) is 10.2 Å². The van der Waals surface area contributed by atoms with Gasteiger partial charge in [0.2, 0.25) is 0 Å². The van der Waals surface area contributed by atoms with Gasteiger partial charge >= 0.3 is 5.97 Å². The summed E-state index contributed by atoms with van der Waals surface area (Å²) in [5.74, 6) is -1.73. The molecule has 0 fully saturated rings. The number of hydrogen-bond donors (Lipinski definition) is 2. The number of aliphatic hydroxyl groups is 1. The number of halogens is 1. The fourth-order valence-corrected chi connectivity index (χ4v) is 1.16. The molecule has 0 bridgehead atoms. The van der Waals surface area contributed by atoms with Crippen LogP contribution in [0.4, 0.5) is 4.39 Å². The Labute approximate surface area is 80.8 Å². The highest BCUT2D eigenvalue weighted by Crippen LogP contribution is 2.12. The summed E-state index contributed by atoms with van der Waals surface area (Å²) < 4.78 is 12.8. The summed E-state index contributed by atoms with van der Waals surface area (Å²) in [5.41, 5.74) is 1.28. The lowest BCUT2D eigenvalue weighted by molar-refractivity contribution is -0.146. The average molecular weight is 198 g/mol. The van der Waals surface area contributed by atoms with Crippen molar-refractivity contribution in [3.63, 3.8) is 0 Å². The molecular weight excluding hydrogens is 187 g/mol. The lowest BCUT2D eigenvalue weighted by Gasteiger charge is -2.08. The molecule has 1 aromatic rings. The van der Waals surface area contributed by atoms with E-state index in [1.165, 1.54) is 12.1 Å². The quantitative estimate of drug-likeness (QED) is 0.765. The van der Waals surface area contributed by atoms with Crippen molar-refractivity contribution < 1.29 is 19.4 Å². The van der Waals surface area contributed by atoms with Crippen LogP contribution in [0.25, 0.3) is 0 Å². The third-order valence-corrected chi connectivity index (χ3v) is 2.01. The van der Waals surface area contributed by atoms with Crippen LogP contribution in [0.5, 0.6) is 0 Å². The average Bonchev–Trinajstić information content (AvgIpc) is 2.11. The number of carboxylic acid groups (broad SMARTS) is 1. The van der Waals surface area contributed by atoms with Crippen molar-refractivity contribution in [2.24, 2.45) is 0 Å². The summed E-state index contributed by atoms with van der Waals surface area (Å²) in [6, 6.07) is 4.09. The first-order valence-electron chi connectivity index (χ1n) is 4.16. The number of aliphatic hydroxyl groups excluding tert-OH is 1. The van der Waals surface area contributed by atoms with E-state index in [0.717, 1.165) is 5.56 Å². The van der Waals surface area contributed by atoms with Gasteiger partial charge in [-0.25, -0.2) is 9.18 Å². The van der Waals surface area contributed by atoms with E-state index in [0.29, 0.717) is 5.56 Å². The van der Waals surface area contributed by atoms with E-state index < -0.39 is 17.9 Å². The molecule has 4 heteroatoms. The van der Waals surface area contributed by atoms with E-state index in [-0.39, 0.29) is 6.42 Å². The minimum atomic E-state index is -1.48. The Kier molecular flexibility index (Phi) is 3.19. The maximum absolute atomic E-state index is 12.8. The maximum atomic E-state index is 12.8. The van der Waals surface area contributed by atoms with Gasteiger partial charge in [-0.3, -0.25) is 0 Å². The molecule has 3 nitrogen and oxygen atoms in total. The number of hydrogen-bond acceptors (Lipinski definition) is 2. The van der Waals surface area contributed by atoms with Gasteiger partial charge in [0, 0.05) is 6.42 Å². The monoisotopic (exact) mass is 198 g/mol. The van der Waals surface area contributed by atoms with E-state index >= 15 is 0 Å². The van der Waals surface area contributed by atoms with Gasteiger partial charge < -0.3 is 10.2 Å². The number of carbonyl (C=O) groups is 1. The fraction of sp³-hybridized carbons (Fsp3) is 0.300. The molecule has 0 aliphatic heterocycles. The van der Waals surface area contributed by atoms with Crippen molar-refractivity contribution in [3.8, 4) is 0 Å². The van der Waals surface area contributed by atoms with Crippen LogP contribution in [-0.2, 0) is 11.2 Å². The van der Waals surface area contributed by atoms with Crippen LogP contribution >= 0.6 is 0 Å². The van der Waals surface area contributed by atoms with E-state index in [9.17, 15) is 9.18 Å². The van der Waals surface area contributed by atoms with E-state index in [2.05, 4.69) is 0 Å². The number of aryl methyl sites for hydroxylation is 1. The number of carboxylic acids is 1. The summed E-state index contributed by atoms with van der Waals surface area (Å²) in [6.07, 6.45) is -1.55. The molecule has 1 atom stereocenters. The van der Waals surface area contributed by atoms with Crippen molar-refractivity contribution in [1.82, 2.24) is 0 Å². The Hall–Kier alpha value is -1.42. The van der Waals surface area contributed by atoms with Crippen LogP contribution < -0.4 is 0 Å². The van der Waals surface area contributed by atoms with Crippen molar-refractivity contribution >= 4 is 5.97 Å². The van der Waals surface area contributed by atoms with Gasteiger partial charge in [0.25, 0.3) is 0 Å². The lowest BCUT2D eigenvalue weighted by atomic mass is 10.0. The largest absolute Gasteiger partial charge is 0.479 e. The zero-order valence-corrected chi connectivity index (χ0v) is 7.70. The number of rotatable bonds is 3. The molecule has 1 rings (SSSR count). The molecule has 0 aliphatic carbocycles. The third kappa shape index (κ3) is 2.53. The molecule has 2 N–H and O–H groups in total. The predicted molar refractivity (Wildman–Crippen MR) is 48.5 cm³/mol. The van der Waals surface area contributed by atoms with Crippen molar-refractivity contribution in [3.05, 3.63) is 35.1 Å². The summed E-state index contributed by atoms with van der Waals surface area (Å²) in [5, 5.41) is 17.5. The van der Waals surface area contributed by atoms with Crippen LogP contribution in [0.2, 0.25) is 0 Å². The third-order valence-electron chi connectivity index (χ3n) is 2.01. The van der Waals surface area contributed by atoms with Crippen molar-refractivity contribution in [2.75, 3.05) is 0 Å². The molecule has 1 aromatic carbocycles. The Morgan fingerprint density at radius 3 is 2.79 bits per heavy atom. The summed E-state index contributed by atoms with van der Waals surface area (Å²) in [6.45, 7) is 1.74. The van der Waals surface area contributed by atoms with Gasteiger partial charge in [-0.15, -0.1) is 0 Å². The Bertz CT molecular complexity index is 349. The SMILES string of the molecule is Cc1ccc(F)cc1CC(O)C(=O)O. The predicted octanol–water partition coefficient (Wildman–Crippen LogP) is 1.12. The molecule has 0 saturated carbocycles. The second kappa shape index (κ2) is 4.19. The van der Waals surface area contributed by atoms with Crippen LogP contribution in [0, 0.1) is 12.7 Å². The molecular formula is C10H11FO3. The molecule has 0 aromatic heterocycles. The minimum Gasteiger partial charge on any atom is -0.479 e. The van der Waals surface area contributed by atoms with Crippen LogP contribution in [0.1, 0.15) is 11.1 Å². The first-order chi connectivity index (χ1) is 6.50. The first kappa shape index (κ1) is 10.7. The molecule has 0 spiro atoms. The maximum Gasteiger partial charge on any atom is 0.332 e. The second-order valence-electron chi connectivity index (χ2n) is 3.13. The number of benzene rings is 1. The molecule has 0 saturated heterocycles. The highest BCUT2D eigenvalue weighted by molar-refractivity contribution is 5.72. The van der Waals surface area contributed by atoms with Crippen LogP contribution in [0.15, 0.2) is 18.2 Å². The van der Waals surface area contributed by atoms with Crippen molar-refractivity contribution in [2.45, 2.75) is 19.4 Å². The lowest BCUT2D eigenvalue weighted by Crippen LogP contribution is -2.22. The Morgan fingerprint density at radius 1 is 1.57 bits per heavy atom. The highest BCUT2D eigenvalue weighted by atomic mass is 19.1.